The van der Waals surface area contributed by atoms with E-state index in [0.29, 0.717) is 0 Å². The molecule has 0 radical (unpaired) electrons. The number of benzene rings is 1. The first-order chi connectivity index (χ1) is 9.79. The van der Waals surface area contributed by atoms with Crippen LogP contribution in [0.5, 0.6) is 0 Å². The van der Waals surface area contributed by atoms with Crippen LogP contribution in [-0.2, 0) is 11.2 Å². The van der Waals surface area contributed by atoms with Gasteiger partial charge in [0.25, 0.3) is 0 Å². The minimum absolute atomic E-state index is 0.176. The number of rotatable bonds is 6. The van der Waals surface area contributed by atoms with E-state index >= 15 is 0 Å². The second-order valence-corrected chi connectivity index (χ2v) is 6.57. The second kappa shape index (κ2) is 8.69. The van der Waals surface area contributed by atoms with Crippen LogP contribution in [0.4, 0.5) is 0 Å². The molecule has 0 aromatic heterocycles. The highest BCUT2D eigenvalue weighted by atomic mass is 35.5. The number of hydrogen-bond donors (Lipinski definition) is 0. The largest absolute Gasteiger partial charge is 0.384 e. The second-order valence-electron chi connectivity index (χ2n) is 6.05. The molecule has 0 saturated heterocycles. The van der Waals surface area contributed by atoms with Crippen LogP contribution in [0.1, 0.15) is 61.4 Å². The summed E-state index contributed by atoms with van der Waals surface area (Å²) in [7, 11) is 1.75. The molecule has 1 aromatic carbocycles. The maximum atomic E-state index is 6.62. The SMILES string of the molecule is COCCc1ccc(C(Cl)CC2CCCCCC2)cc1. The van der Waals surface area contributed by atoms with E-state index in [-0.39, 0.29) is 5.38 Å². The van der Waals surface area contributed by atoms with Crippen molar-refractivity contribution in [2.24, 2.45) is 5.92 Å². The number of hydrogen-bond acceptors (Lipinski definition) is 1. The minimum atomic E-state index is 0.176. The van der Waals surface area contributed by atoms with Gasteiger partial charge in [-0.2, -0.15) is 0 Å². The third-order valence-electron chi connectivity index (χ3n) is 4.45. The van der Waals surface area contributed by atoms with Gasteiger partial charge in [-0.1, -0.05) is 62.8 Å². The molecule has 1 aromatic rings. The number of methoxy groups -OCH3 is 1. The summed E-state index contributed by atoms with van der Waals surface area (Å²) < 4.78 is 5.11. The first kappa shape index (κ1) is 15.9. The van der Waals surface area contributed by atoms with Crippen LogP contribution in [0.2, 0.25) is 0 Å². The Morgan fingerprint density at radius 3 is 2.35 bits per heavy atom. The molecule has 1 nitrogen and oxygen atoms in total. The van der Waals surface area contributed by atoms with Crippen LogP contribution in [0.3, 0.4) is 0 Å². The predicted octanol–water partition coefficient (Wildman–Crippen LogP) is 5.52. The standard InChI is InChI=1S/C18H27ClO/c1-20-13-12-15-8-10-17(11-9-15)18(19)14-16-6-4-2-3-5-7-16/h8-11,16,18H,2-7,12-14H2,1H3. The molecular weight excluding hydrogens is 268 g/mol. The Bertz CT molecular complexity index is 366. The van der Waals surface area contributed by atoms with Gasteiger partial charge in [0, 0.05) is 7.11 Å². The van der Waals surface area contributed by atoms with E-state index in [9.17, 15) is 0 Å². The van der Waals surface area contributed by atoms with Crippen LogP contribution in [-0.4, -0.2) is 13.7 Å². The Balaban J connectivity index is 1.86. The molecule has 2 heteroatoms. The number of ether oxygens (including phenoxy) is 1. The van der Waals surface area contributed by atoms with E-state index in [1.165, 1.54) is 49.7 Å². The molecule has 0 amide bonds. The Morgan fingerprint density at radius 1 is 1.10 bits per heavy atom. The minimum Gasteiger partial charge on any atom is -0.384 e. The summed E-state index contributed by atoms with van der Waals surface area (Å²) in [5, 5.41) is 0.176. The first-order valence-electron chi connectivity index (χ1n) is 8.01. The van der Waals surface area contributed by atoms with Crippen LogP contribution in [0, 0.1) is 5.92 Å². The topological polar surface area (TPSA) is 9.23 Å². The molecule has 1 unspecified atom stereocenters. The van der Waals surface area contributed by atoms with Crippen LogP contribution in [0.15, 0.2) is 24.3 Å². The van der Waals surface area contributed by atoms with Crippen LogP contribution in [0.25, 0.3) is 0 Å². The van der Waals surface area contributed by atoms with E-state index in [1.807, 2.05) is 0 Å². The fourth-order valence-electron chi connectivity index (χ4n) is 3.14. The maximum Gasteiger partial charge on any atom is 0.0587 e. The van der Waals surface area contributed by atoms with Crippen LogP contribution >= 0.6 is 11.6 Å². The monoisotopic (exact) mass is 294 g/mol. The maximum absolute atomic E-state index is 6.62. The van der Waals surface area contributed by atoms with E-state index in [0.717, 1.165) is 25.4 Å². The molecule has 0 N–H and O–H groups in total. The molecule has 112 valence electrons. The van der Waals surface area contributed by atoms with Crippen molar-refractivity contribution in [1.82, 2.24) is 0 Å². The van der Waals surface area contributed by atoms with Gasteiger partial charge in [-0.15, -0.1) is 11.6 Å². The third kappa shape index (κ3) is 5.10. The molecule has 0 heterocycles. The lowest BCUT2D eigenvalue weighted by Gasteiger charge is -2.18. The van der Waals surface area contributed by atoms with Crippen molar-refractivity contribution < 1.29 is 4.74 Å². The lowest BCUT2D eigenvalue weighted by Crippen LogP contribution is -2.03. The van der Waals surface area contributed by atoms with Crippen molar-refractivity contribution in [3.63, 3.8) is 0 Å². The lowest BCUT2D eigenvalue weighted by molar-refractivity contribution is 0.202. The van der Waals surface area contributed by atoms with Gasteiger partial charge in [-0.3, -0.25) is 0 Å². The molecule has 1 saturated carbocycles. The predicted molar refractivity (Wildman–Crippen MR) is 86.4 cm³/mol. The van der Waals surface area contributed by atoms with Crippen molar-refractivity contribution in [3.05, 3.63) is 35.4 Å². The van der Waals surface area contributed by atoms with Crippen molar-refractivity contribution in [3.8, 4) is 0 Å². The zero-order chi connectivity index (χ0) is 14.2. The van der Waals surface area contributed by atoms with E-state index < -0.39 is 0 Å². The Hall–Kier alpha value is -0.530. The van der Waals surface area contributed by atoms with Gasteiger partial charge in [0.1, 0.15) is 0 Å². The smallest absolute Gasteiger partial charge is 0.0587 e. The summed E-state index contributed by atoms with van der Waals surface area (Å²) in [5.41, 5.74) is 2.60. The van der Waals surface area contributed by atoms with Gasteiger partial charge < -0.3 is 4.74 Å². The molecule has 1 aliphatic rings. The highest BCUT2D eigenvalue weighted by Gasteiger charge is 2.17. The summed E-state index contributed by atoms with van der Waals surface area (Å²) in [4.78, 5) is 0. The van der Waals surface area contributed by atoms with Gasteiger partial charge >= 0.3 is 0 Å². The van der Waals surface area contributed by atoms with Crippen molar-refractivity contribution >= 4 is 11.6 Å². The van der Waals surface area contributed by atoms with Crippen molar-refractivity contribution in [2.45, 2.75) is 56.7 Å². The normalized spacial score (nSPS) is 18.7. The lowest BCUT2D eigenvalue weighted by atomic mass is 9.92. The van der Waals surface area contributed by atoms with Gasteiger partial charge in [-0.05, 0) is 29.9 Å². The fourth-order valence-corrected chi connectivity index (χ4v) is 3.54. The molecule has 1 atom stereocenters. The molecule has 0 aliphatic heterocycles. The Labute approximate surface area is 128 Å². The number of halogens is 1. The van der Waals surface area contributed by atoms with E-state index in [2.05, 4.69) is 24.3 Å². The van der Waals surface area contributed by atoms with Crippen LogP contribution < -0.4 is 0 Å². The first-order valence-corrected chi connectivity index (χ1v) is 8.45. The van der Waals surface area contributed by atoms with Gasteiger partial charge in [0.2, 0.25) is 0 Å². The highest BCUT2D eigenvalue weighted by Crippen LogP contribution is 2.34. The third-order valence-corrected chi connectivity index (χ3v) is 4.88. The van der Waals surface area contributed by atoms with Gasteiger partial charge in [0.05, 0.1) is 12.0 Å². The van der Waals surface area contributed by atoms with E-state index in [1.54, 1.807) is 7.11 Å². The summed E-state index contributed by atoms with van der Waals surface area (Å²) in [5.74, 6) is 0.827. The summed E-state index contributed by atoms with van der Waals surface area (Å²) in [6.07, 6.45) is 10.5. The molecule has 1 aliphatic carbocycles. The number of alkyl halides is 1. The van der Waals surface area contributed by atoms with Gasteiger partial charge in [-0.25, -0.2) is 0 Å². The average molecular weight is 295 g/mol. The zero-order valence-corrected chi connectivity index (χ0v) is 13.4. The van der Waals surface area contributed by atoms with E-state index in [4.69, 9.17) is 16.3 Å². The quantitative estimate of drug-likeness (QED) is 0.496. The summed E-state index contributed by atoms with van der Waals surface area (Å²) in [6, 6.07) is 8.77. The Kier molecular flexibility index (Phi) is 6.89. The summed E-state index contributed by atoms with van der Waals surface area (Å²) >= 11 is 6.62. The molecule has 0 spiro atoms. The zero-order valence-electron chi connectivity index (χ0n) is 12.6. The van der Waals surface area contributed by atoms with Crippen molar-refractivity contribution in [1.29, 1.82) is 0 Å². The molecule has 1 fully saturated rings. The molecular formula is C18H27ClO. The molecule has 2 rings (SSSR count). The molecule has 0 bridgehead atoms. The average Bonchev–Trinajstić information content (AvgIpc) is 2.74. The Morgan fingerprint density at radius 2 is 1.75 bits per heavy atom. The van der Waals surface area contributed by atoms with Gasteiger partial charge in [0.15, 0.2) is 0 Å². The summed E-state index contributed by atoms with van der Waals surface area (Å²) in [6.45, 7) is 0.783. The fraction of sp³-hybridized carbons (Fsp3) is 0.667. The molecule has 20 heavy (non-hydrogen) atoms. The van der Waals surface area contributed by atoms with Crippen molar-refractivity contribution in [2.75, 3.05) is 13.7 Å². The highest BCUT2D eigenvalue weighted by molar-refractivity contribution is 6.20.